The van der Waals surface area contributed by atoms with E-state index in [1.807, 2.05) is 0 Å². The molecule has 0 bridgehead atoms. The highest BCUT2D eigenvalue weighted by molar-refractivity contribution is 6.20. The number of likely N-dealkylation sites (tertiary alicyclic amines) is 1. The number of piperidine rings is 1. The second-order valence-corrected chi connectivity index (χ2v) is 14.0. The van der Waals surface area contributed by atoms with Crippen LogP contribution in [0.25, 0.3) is 0 Å². The summed E-state index contributed by atoms with van der Waals surface area (Å²) in [6.45, 7) is 12.4. The summed E-state index contributed by atoms with van der Waals surface area (Å²) in [4.78, 5) is 2.79. The van der Waals surface area contributed by atoms with Crippen LogP contribution >= 0.6 is 11.6 Å². The molecule has 0 aromatic carbocycles. The van der Waals surface area contributed by atoms with E-state index in [9.17, 15) is 0 Å². The lowest BCUT2D eigenvalue weighted by atomic mass is 9.68. The summed E-state index contributed by atoms with van der Waals surface area (Å²) in [5.74, 6) is 6.70. The lowest BCUT2D eigenvalue weighted by Crippen LogP contribution is -2.48. The molecule has 0 spiro atoms. The highest BCUT2D eigenvalue weighted by Gasteiger charge is 2.33. The van der Waals surface area contributed by atoms with Crippen LogP contribution < -0.4 is 5.32 Å². The Morgan fingerprint density at radius 3 is 1.86 bits per heavy atom. The van der Waals surface area contributed by atoms with Crippen molar-refractivity contribution in [2.24, 2.45) is 41.4 Å². The van der Waals surface area contributed by atoms with E-state index >= 15 is 0 Å². The summed E-state index contributed by atoms with van der Waals surface area (Å²) < 4.78 is 0. The number of nitrogens with one attached hydrogen (secondary N) is 1. The maximum absolute atomic E-state index is 6.36. The van der Waals surface area contributed by atoms with Crippen molar-refractivity contribution in [1.82, 2.24) is 10.2 Å². The molecule has 3 saturated carbocycles. The smallest absolute Gasteiger partial charge is 0.0336 e. The lowest BCUT2D eigenvalue weighted by Gasteiger charge is -2.41. The zero-order valence-electron chi connectivity index (χ0n) is 24.5. The van der Waals surface area contributed by atoms with Gasteiger partial charge in [0.1, 0.15) is 0 Å². The maximum Gasteiger partial charge on any atom is 0.0336 e. The lowest BCUT2D eigenvalue weighted by molar-refractivity contribution is 0.108. The molecule has 0 aromatic rings. The molecule has 0 radical (unpaired) electrons. The molecule has 4 rings (SSSR count). The van der Waals surface area contributed by atoms with Gasteiger partial charge in [-0.05, 0) is 125 Å². The third kappa shape index (κ3) is 10.5. The average Bonchev–Trinajstić information content (AvgIpc) is 2.87. The van der Waals surface area contributed by atoms with Crippen LogP contribution in [0.15, 0.2) is 0 Å². The largest absolute Gasteiger partial charge is 0.412 e. The van der Waals surface area contributed by atoms with Crippen LogP contribution in [0.2, 0.25) is 0 Å². The molecule has 1 heterocycles. The first kappa shape index (κ1) is 35.1. The van der Waals surface area contributed by atoms with Crippen LogP contribution in [0.3, 0.4) is 0 Å². The van der Waals surface area contributed by atoms with Crippen molar-refractivity contribution in [3.63, 3.8) is 0 Å². The number of nitrogens with zero attached hydrogens (tertiary/aromatic N) is 1. The Labute approximate surface area is 234 Å². The summed E-state index contributed by atoms with van der Waals surface area (Å²) in [6.07, 6.45) is 21.6. The molecule has 3 atom stereocenters. The van der Waals surface area contributed by atoms with Gasteiger partial charge in [0.15, 0.2) is 0 Å². The van der Waals surface area contributed by atoms with E-state index in [1.165, 1.54) is 122 Å². The van der Waals surface area contributed by atoms with E-state index in [1.54, 1.807) is 0 Å². The van der Waals surface area contributed by atoms with Gasteiger partial charge in [0.05, 0.1) is 0 Å². The monoisotopic (exact) mass is 546 g/mol. The zero-order chi connectivity index (χ0) is 23.9. The van der Waals surface area contributed by atoms with Crippen molar-refractivity contribution in [1.29, 1.82) is 0 Å². The average molecular weight is 547 g/mol. The molecular weight excluding hydrogens is 484 g/mol. The molecule has 0 aromatic heterocycles. The van der Waals surface area contributed by atoms with Gasteiger partial charge in [-0.15, -0.1) is 11.6 Å². The summed E-state index contributed by atoms with van der Waals surface area (Å²) in [6, 6.07) is 0.656. The summed E-state index contributed by atoms with van der Waals surface area (Å²) in [5.41, 5.74) is 0. The van der Waals surface area contributed by atoms with Gasteiger partial charge in [-0.3, -0.25) is 0 Å². The van der Waals surface area contributed by atoms with Crippen LogP contribution in [0.4, 0.5) is 0 Å². The number of hydrogen-bond acceptors (Lipinski definition) is 2. The van der Waals surface area contributed by atoms with Gasteiger partial charge >= 0.3 is 0 Å². The topological polar surface area (TPSA) is 110 Å². The molecule has 2 unspecified atom stereocenters. The van der Waals surface area contributed by atoms with E-state index in [0.29, 0.717) is 11.4 Å². The molecule has 6 heteroatoms. The van der Waals surface area contributed by atoms with Gasteiger partial charge in [-0.1, -0.05) is 52.9 Å². The van der Waals surface area contributed by atoms with Gasteiger partial charge in [-0.2, -0.15) is 0 Å². The molecule has 37 heavy (non-hydrogen) atoms. The Bertz CT molecular complexity index is 571. The van der Waals surface area contributed by atoms with E-state index in [0.717, 1.165) is 41.4 Å². The normalized spacial score (nSPS) is 34.6. The second kappa shape index (κ2) is 17.7. The summed E-state index contributed by atoms with van der Waals surface area (Å²) in [7, 11) is 0. The SMILES string of the molecule is CCC1CCC(C2CCCC(CN[C@@H](CN3CCC(C4CCC(Cl)CC4)CC3)C(C)C)C2)CC1.O.O.O. The van der Waals surface area contributed by atoms with Crippen molar-refractivity contribution in [2.75, 3.05) is 26.2 Å². The molecule has 5 nitrogen and oxygen atoms in total. The van der Waals surface area contributed by atoms with Gasteiger partial charge < -0.3 is 26.6 Å². The van der Waals surface area contributed by atoms with Crippen LogP contribution in [0.1, 0.15) is 117 Å². The van der Waals surface area contributed by atoms with E-state index in [4.69, 9.17) is 11.6 Å². The second-order valence-electron chi connectivity index (χ2n) is 13.4. The predicted octanol–water partition coefficient (Wildman–Crippen LogP) is 5.66. The standard InChI is InChI=1S/C31H57ClN2.3H2O/c1-4-24-8-10-27(11-9-24)29-7-5-6-25(20-29)21-33-31(23(2)3)22-34-18-16-28(17-19-34)26-12-14-30(32)15-13-26;;;/h23-31,33H,4-22H2,1-3H3;3*1H2/t24?,25?,26?,27?,29?,30?,31-;;;/m0.../s1. The molecule has 3 aliphatic carbocycles. The number of alkyl halides is 1. The predicted molar refractivity (Wildman–Crippen MR) is 159 cm³/mol. The summed E-state index contributed by atoms with van der Waals surface area (Å²) >= 11 is 6.36. The molecular formula is C31H63ClN2O3. The highest BCUT2D eigenvalue weighted by Crippen LogP contribution is 2.42. The fourth-order valence-corrected chi connectivity index (χ4v) is 8.53. The van der Waals surface area contributed by atoms with Crippen LogP contribution in [0, 0.1) is 41.4 Å². The van der Waals surface area contributed by atoms with E-state index < -0.39 is 0 Å². The molecule has 4 fully saturated rings. The van der Waals surface area contributed by atoms with Gasteiger partial charge in [0.2, 0.25) is 0 Å². The Morgan fingerprint density at radius 1 is 0.703 bits per heavy atom. The van der Waals surface area contributed by atoms with Gasteiger partial charge in [0, 0.05) is 18.0 Å². The molecule has 222 valence electrons. The zero-order valence-corrected chi connectivity index (χ0v) is 25.2. The van der Waals surface area contributed by atoms with Crippen molar-refractivity contribution < 1.29 is 16.4 Å². The fourth-order valence-electron chi connectivity index (χ4n) is 8.28. The third-order valence-electron chi connectivity index (χ3n) is 10.9. The van der Waals surface area contributed by atoms with Gasteiger partial charge in [-0.25, -0.2) is 0 Å². The third-order valence-corrected chi connectivity index (χ3v) is 11.3. The Kier molecular flexibility index (Phi) is 16.8. The Morgan fingerprint density at radius 2 is 1.27 bits per heavy atom. The van der Waals surface area contributed by atoms with Crippen LogP contribution in [-0.2, 0) is 0 Å². The number of hydrogen-bond donors (Lipinski definition) is 1. The highest BCUT2D eigenvalue weighted by atomic mass is 35.5. The minimum atomic E-state index is 0. The van der Waals surface area contributed by atoms with Crippen molar-refractivity contribution >= 4 is 11.6 Å². The van der Waals surface area contributed by atoms with Gasteiger partial charge in [0.25, 0.3) is 0 Å². The minimum absolute atomic E-state index is 0. The maximum atomic E-state index is 6.36. The fraction of sp³-hybridized carbons (Fsp3) is 1.00. The van der Waals surface area contributed by atoms with E-state index in [2.05, 4.69) is 31.0 Å². The van der Waals surface area contributed by atoms with Crippen molar-refractivity contribution in [3.8, 4) is 0 Å². The number of rotatable bonds is 9. The summed E-state index contributed by atoms with van der Waals surface area (Å²) in [5, 5.41) is 4.56. The number of halogens is 1. The first-order valence-electron chi connectivity index (χ1n) is 15.6. The minimum Gasteiger partial charge on any atom is -0.412 e. The van der Waals surface area contributed by atoms with Crippen molar-refractivity contribution in [3.05, 3.63) is 0 Å². The Hall–Kier alpha value is 0.0900. The van der Waals surface area contributed by atoms with Crippen molar-refractivity contribution in [2.45, 2.75) is 129 Å². The Balaban J connectivity index is 0.00000228. The molecule has 1 aliphatic heterocycles. The molecule has 4 aliphatic rings. The quantitative estimate of drug-likeness (QED) is 0.376. The molecule has 1 saturated heterocycles. The van der Waals surface area contributed by atoms with Crippen LogP contribution in [-0.4, -0.2) is 58.9 Å². The first-order chi connectivity index (χ1) is 16.5. The molecule has 0 amide bonds. The first-order valence-corrected chi connectivity index (χ1v) is 16.0. The van der Waals surface area contributed by atoms with Crippen LogP contribution in [0.5, 0.6) is 0 Å². The van der Waals surface area contributed by atoms with E-state index in [-0.39, 0.29) is 16.4 Å². The molecule has 7 N–H and O–H groups in total.